The molecule has 1 saturated heterocycles. The predicted octanol–water partition coefficient (Wildman–Crippen LogP) is 3.41. The molecule has 12 heteroatoms. The first-order valence-corrected chi connectivity index (χ1v) is 14.5. The van der Waals surface area contributed by atoms with Gasteiger partial charge in [-0.3, -0.25) is 14.3 Å². The molecule has 0 amide bonds. The van der Waals surface area contributed by atoms with E-state index in [9.17, 15) is 4.79 Å². The summed E-state index contributed by atoms with van der Waals surface area (Å²) >= 11 is 0. The lowest BCUT2D eigenvalue weighted by atomic mass is 10.1. The summed E-state index contributed by atoms with van der Waals surface area (Å²) in [5.74, 6) is 2.01. The molecule has 0 bridgehead atoms. The van der Waals surface area contributed by atoms with Crippen molar-refractivity contribution in [1.82, 2.24) is 39.0 Å². The molecular weight excluding hydrogens is 566 g/mol. The van der Waals surface area contributed by atoms with Gasteiger partial charge in [-0.05, 0) is 54.1 Å². The molecule has 1 aliphatic rings. The number of aryl methyl sites for hydroxylation is 1. The van der Waals surface area contributed by atoms with Crippen LogP contribution in [-0.4, -0.2) is 65.1 Å². The molecule has 6 aromatic rings. The van der Waals surface area contributed by atoms with E-state index in [0.717, 1.165) is 55.5 Å². The van der Waals surface area contributed by atoms with Gasteiger partial charge in [0.15, 0.2) is 11.5 Å². The first kappa shape index (κ1) is 27.9. The Bertz CT molecular complexity index is 2120. The highest BCUT2D eigenvalue weighted by Crippen LogP contribution is 2.32. The number of aromatic nitrogens is 7. The number of nitrogens with two attached hydrogens (primary N) is 1. The molecule has 0 unspecified atom stereocenters. The SMILES string of the molecule is Cn1cc(-c2ccc3nc(-c4cccnc4N)n(-c4ccc(CN5CCN(c6ccnc(C#N)n6)CC5)cc4)c3n2)ccc1=O. The number of piperazine rings is 1. The fourth-order valence-corrected chi connectivity index (χ4v) is 5.62. The van der Waals surface area contributed by atoms with Crippen LogP contribution < -0.4 is 16.2 Å². The summed E-state index contributed by atoms with van der Waals surface area (Å²) in [5.41, 5.74) is 12.0. The number of fused-ring (bicyclic) bond motifs is 1. The Balaban J connectivity index is 1.18. The second kappa shape index (κ2) is 11.6. The van der Waals surface area contributed by atoms with Gasteiger partial charge in [0.1, 0.15) is 23.2 Å². The van der Waals surface area contributed by atoms with Crippen LogP contribution in [0.2, 0.25) is 0 Å². The Morgan fingerprint density at radius 1 is 0.889 bits per heavy atom. The summed E-state index contributed by atoms with van der Waals surface area (Å²) in [6.07, 6.45) is 5.07. The zero-order chi connectivity index (χ0) is 30.9. The van der Waals surface area contributed by atoms with Gasteiger partial charge in [0, 0.05) is 75.7 Å². The van der Waals surface area contributed by atoms with Gasteiger partial charge in [0.25, 0.3) is 0 Å². The number of anilines is 2. The topological polar surface area (TPSA) is 148 Å². The van der Waals surface area contributed by atoms with E-state index in [2.05, 4.69) is 49.0 Å². The number of imidazole rings is 1. The number of nitriles is 1. The van der Waals surface area contributed by atoms with E-state index in [-0.39, 0.29) is 11.4 Å². The molecule has 1 fully saturated rings. The quantitative estimate of drug-likeness (QED) is 0.304. The van der Waals surface area contributed by atoms with Crippen LogP contribution in [0.5, 0.6) is 0 Å². The third-order valence-electron chi connectivity index (χ3n) is 8.00. The summed E-state index contributed by atoms with van der Waals surface area (Å²) in [6, 6.07) is 23.2. The lowest BCUT2D eigenvalue weighted by molar-refractivity contribution is 0.249. The highest BCUT2D eigenvalue weighted by molar-refractivity contribution is 5.84. The van der Waals surface area contributed by atoms with Crippen LogP contribution in [0, 0.1) is 11.3 Å². The second-order valence-electron chi connectivity index (χ2n) is 10.9. The minimum Gasteiger partial charge on any atom is -0.383 e. The largest absolute Gasteiger partial charge is 0.383 e. The van der Waals surface area contributed by atoms with Crippen LogP contribution in [0.1, 0.15) is 11.4 Å². The minimum absolute atomic E-state index is 0.0823. The smallest absolute Gasteiger partial charge is 0.250 e. The summed E-state index contributed by atoms with van der Waals surface area (Å²) < 4.78 is 3.55. The van der Waals surface area contributed by atoms with Gasteiger partial charge in [0.2, 0.25) is 11.4 Å². The molecule has 222 valence electrons. The average Bonchev–Trinajstić information content (AvgIpc) is 3.45. The molecule has 1 aromatic carbocycles. The standard InChI is InChI=1S/C33H29N11O/c1-41-21-23(6-11-30(41)45)26-9-10-27-33(38-26)44(32(39-27)25-3-2-13-37-31(25)35)24-7-4-22(5-8-24)20-42-15-17-43(18-16-42)29-12-14-36-28(19-34)40-29/h2-14,21H,15-18,20H2,1H3,(H2,35,37). The van der Waals surface area contributed by atoms with Crippen molar-refractivity contribution in [2.75, 3.05) is 36.8 Å². The maximum atomic E-state index is 12.0. The van der Waals surface area contributed by atoms with Gasteiger partial charge in [-0.2, -0.15) is 5.26 Å². The molecular formula is C33H29N11O. The molecule has 45 heavy (non-hydrogen) atoms. The van der Waals surface area contributed by atoms with Crippen LogP contribution >= 0.6 is 0 Å². The van der Waals surface area contributed by atoms with Crippen molar-refractivity contribution >= 4 is 22.8 Å². The number of rotatable bonds is 6. The van der Waals surface area contributed by atoms with Crippen LogP contribution in [0.25, 0.3) is 39.5 Å². The monoisotopic (exact) mass is 595 g/mol. The van der Waals surface area contributed by atoms with Crippen molar-refractivity contribution in [2.45, 2.75) is 6.54 Å². The van der Waals surface area contributed by atoms with E-state index in [1.54, 1.807) is 42.3 Å². The number of hydrogen-bond acceptors (Lipinski definition) is 10. The van der Waals surface area contributed by atoms with Gasteiger partial charge in [0.05, 0.1) is 11.3 Å². The molecule has 12 nitrogen and oxygen atoms in total. The van der Waals surface area contributed by atoms with Crippen LogP contribution in [0.4, 0.5) is 11.6 Å². The first-order valence-electron chi connectivity index (χ1n) is 14.5. The minimum atomic E-state index is -0.0823. The Kier molecular flexibility index (Phi) is 7.20. The number of pyridine rings is 3. The van der Waals surface area contributed by atoms with Crippen molar-refractivity contribution in [3.63, 3.8) is 0 Å². The van der Waals surface area contributed by atoms with Crippen molar-refractivity contribution in [2.24, 2.45) is 7.05 Å². The van der Waals surface area contributed by atoms with Gasteiger partial charge < -0.3 is 15.2 Å². The van der Waals surface area contributed by atoms with Crippen LogP contribution in [0.15, 0.2) is 90.1 Å². The van der Waals surface area contributed by atoms with Crippen molar-refractivity contribution in [3.05, 3.63) is 107 Å². The maximum absolute atomic E-state index is 12.0. The summed E-state index contributed by atoms with van der Waals surface area (Å²) in [5, 5.41) is 9.13. The van der Waals surface area contributed by atoms with Crippen LogP contribution in [0.3, 0.4) is 0 Å². The fourth-order valence-electron chi connectivity index (χ4n) is 5.62. The van der Waals surface area contributed by atoms with Crippen molar-refractivity contribution in [1.29, 1.82) is 5.26 Å². The molecule has 0 atom stereocenters. The Labute approximate surface area is 258 Å². The summed E-state index contributed by atoms with van der Waals surface area (Å²) in [4.78, 5) is 39.1. The molecule has 1 aliphatic heterocycles. The Morgan fingerprint density at radius 2 is 1.71 bits per heavy atom. The molecule has 0 radical (unpaired) electrons. The van der Waals surface area contributed by atoms with Gasteiger partial charge in [-0.1, -0.05) is 12.1 Å². The number of benzene rings is 1. The Hall–Kier alpha value is -5.93. The van der Waals surface area contributed by atoms with E-state index in [1.165, 1.54) is 5.56 Å². The molecule has 7 rings (SSSR count). The first-order chi connectivity index (χ1) is 22.0. The summed E-state index contributed by atoms with van der Waals surface area (Å²) in [6.45, 7) is 4.20. The molecule has 5 aromatic heterocycles. The second-order valence-corrected chi connectivity index (χ2v) is 10.9. The van der Waals surface area contributed by atoms with Gasteiger partial charge >= 0.3 is 0 Å². The lowest BCUT2D eigenvalue weighted by Crippen LogP contribution is -2.46. The van der Waals surface area contributed by atoms with Crippen molar-refractivity contribution in [3.8, 4) is 34.4 Å². The van der Waals surface area contributed by atoms with E-state index < -0.39 is 0 Å². The average molecular weight is 596 g/mol. The maximum Gasteiger partial charge on any atom is 0.250 e. The third-order valence-corrected chi connectivity index (χ3v) is 8.00. The van der Waals surface area contributed by atoms with Gasteiger partial charge in [-0.15, -0.1) is 0 Å². The Morgan fingerprint density at radius 3 is 2.47 bits per heavy atom. The van der Waals surface area contributed by atoms with E-state index in [1.807, 2.05) is 41.0 Å². The number of nitrogen functional groups attached to an aromatic ring is 1. The third kappa shape index (κ3) is 5.48. The molecule has 6 heterocycles. The molecule has 0 spiro atoms. The van der Waals surface area contributed by atoms with E-state index in [0.29, 0.717) is 28.4 Å². The van der Waals surface area contributed by atoms with Crippen molar-refractivity contribution < 1.29 is 0 Å². The van der Waals surface area contributed by atoms with Crippen LogP contribution in [-0.2, 0) is 13.6 Å². The normalized spacial score (nSPS) is 13.6. The van der Waals surface area contributed by atoms with E-state index >= 15 is 0 Å². The van der Waals surface area contributed by atoms with Gasteiger partial charge in [-0.25, -0.2) is 24.9 Å². The molecule has 0 saturated carbocycles. The highest BCUT2D eigenvalue weighted by atomic mass is 16.1. The number of hydrogen-bond donors (Lipinski definition) is 1. The number of nitrogens with zero attached hydrogens (tertiary/aromatic N) is 10. The zero-order valence-corrected chi connectivity index (χ0v) is 24.6. The molecule has 2 N–H and O–H groups in total. The molecule has 0 aliphatic carbocycles. The highest BCUT2D eigenvalue weighted by Gasteiger charge is 2.21. The zero-order valence-electron chi connectivity index (χ0n) is 24.6. The summed E-state index contributed by atoms with van der Waals surface area (Å²) in [7, 11) is 1.73. The fraction of sp³-hybridized carbons (Fsp3) is 0.182. The predicted molar refractivity (Wildman–Crippen MR) is 171 cm³/mol. The lowest BCUT2D eigenvalue weighted by Gasteiger charge is -2.35. The van der Waals surface area contributed by atoms with E-state index in [4.69, 9.17) is 21.0 Å².